The topological polar surface area (TPSA) is 85.4 Å². The molecule has 0 N–H and O–H groups in total. The number of fused-ring (bicyclic) bond motifs is 5. The second-order valence-electron chi connectivity index (χ2n) is 17.1. The predicted molar refractivity (Wildman–Crippen MR) is 180 cm³/mol. The first-order valence-corrected chi connectivity index (χ1v) is 18.7. The molecule has 2 saturated heterocycles. The summed E-state index contributed by atoms with van der Waals surface area (Å²) in [4.78, 5) is 41.8. The Balaban J connectivity index is 1.22. The van der Waals surface area contributed by atoms with E-state index >= 15 is 0 Å². The van der Waals surface area contributed by atoms with E-state index in [1.165, 1.54) is 26.2 Å². The number of likely N-dealkylation sites (N-methyl/N-ethyl adjacent to an activating group) is 1. The van der Waals surface area contributed by atoms with Crippen molar-refractivity contribution in [2.75, 3.05) is 52.9 Å². The molecule has 0 aromatic heterocycles. The third-order valence-corrected chi connectivity index (χ3v) is 14.4. The minimum absolute atomic E-state index is 0.00956. The zero-order valence-corrected chi connectivity index (χ0v) is 30.1. The van der Waals surface area contributed by atoms with Gasteiger partial charge >= 0.3 is 17.9 Å². The van der Waals surface area contributed by atoms with E-state index in [-0.39, 0.29) is 59.1 Å². The maximum absolute atomic E-state index is 12.6. The van der Waals surface area contributed by atoms with Gasteiger partial charge in [0.1, 0.15) is 18.3 Å². The van der Waals surface area contributed by atoms with Gasteiger partial charge < -0.3 is 18.7 Å². The van der Waals surface area contributed by atoms with Gasteiger partial charge in [0.2, 0.25) is 0 Å². The summed E-state index contributed by atoms with van der Waals surface area (Å²) in [6, 6.07) is 0.466. The van der Waals surface area contributed by atoms with E-state index in [9.17, 15) is 14.4 Å². The molecule has 264 valence electrons. The Morgan fingerprint density at radius 3 is 2.04 bits per heavy atom. The lowest BCUT2D eigenvalue weighted by Gasteiger charge is -2.62. The standard InChI is InChI=1S/C38H62N3O6/c1-8-19-41(7)20-17-40(18-21-41)33-23-32-30-10-9-28-22-35(46-26(3)43)34(39-15-12-29(13-16-39)45-25(2)42)24-38(28,6)31(30)11-14-37(32,5)36(33)47-27(4)44/h8,28-36H,1,9-24H2,2-7H3/q+1/t28?,30-,31-,32+,33?,34?,35?,36?,37+,38+/m1/s1. The summed E-state index contributed by atoms with van der Waals surface area (Å²) in [5.74, 6) is 1.77. The molecular formula is C38H62N3O6+. The van der Waals surface area contributed by atoms with E-state index in [4.69, 9.17) is 14.2 Å². The number of hydrogen-bond acceptors (Lipinski definition) is 8. The van der Waals surface area contributed by atoms with Crippen LogP contribution in [-0.4, -0.2) is 115 Å². The molecule has 5 unspecified atom stereocenters. The molecule has 10 atom stereocenters. The first-order chi connectivity index (χ1) is 22.3. The van der Waals surface area contributed by atoms with E-state index in [1.807, 2.05) is 0 Å². The monoisotopic (exact) mass is 656 g/mol. The molecule has 4 saturated carbocycles. The predicted octanol–water partition coefficient (Wildman–Crippen LogP) is 4.83. The largest absolute Gasteiger partial charge is 0.462 e. The van der Waals surface area contributed by atoms with Crippen LogP contribution in [0.2, 0.25) is 0 Å². The summed E-state index contributed by atoms with van der Waals surface area (Å²) >= 11 is 0. The highest BCUT2D eigenvalue weighted by atomic mass is 16.6. The fourth-order valence-electron chi connectivity index (χ4n) is 12.0. The maximum Gasteiger partial charge on any atom is 0.302 e. The van der Waals surface area contributed by atoms with Crippen LogP contribution in [-0.2, 0) is 28.6 Å². The Hall–Kier alpha value is -1.97. The molecule has 0 bridgehead atoms. The second kappa shape index (κ2) is 13.4. The van der Waals surface area contributed by atoms with Crippen molar-refractivity contribution in [3.8, 4) is 0 Å². The molecule has 47 heavy (non-hydrogen) atoms. The van der Waals surface area contributed by atoms with Crippen molar-refractivity contribution in [1.82, 2.24) is 9.80 Å². The number of piperazine rings is 1. The van der Waals surface area contributed by atoms with Crippen LogP contribution in [0.1, 0.15) is 92.4 Å². The highest BCUT2D eigenvalue weighted by molar-refractivity contribution is 5.67. The lowest BCUT2D eigenvalue weighted by atomic mass is 9.44. The Morgan fingerprint density at radius 1 is 0.787 bits per heavy atom. The van der Waals surface area contributed by atoms with Gasteiger partial charge in [0.05, 0.1) is 26.7 Å². The van der Waals surface area contributed by atoms with Crippen LogP contribution in [0.5, 0.6) is 0 Å². The fraction of sp³-hybridized carbons (Fsp3) is 0.868. The molecule has 6 rings (SSSR count). The molecule has 9 nitrogen and oxygen atoms in total. The Kier molecular flexibility index (Phi) is 9.94. The van der Waals surface area contributed by atoms with E-state index in [0.29, 0.717) is 23.7 Å². The zero-order chi connectivity index (χ0) is 33.7. The summed E-state index contributed by atoms with van der Waals surface area (Å²) in [6.07, 6.45) is 11.3. The lowest BCUT2D eigenvalue weighted by molar-refractivity contribution is -0.908. The van der Waals surface area contributed by atoms with Gasteiger partial charge in [-0.1, -0.05) is 20.4 Å². The van der Waals surface area contributed by atoms with E-state index in [2.05, 4.69) is 43.3 Å². The Bertz CT molecular complexity index is 1190. The third kappa shape index (κ3) is 6.66. The van der Waals surface area contributed by atoms with Crippen molar-refractivity contribution in [2.24, 2.45) is 34.5 Å². The van der Waals surface area contributed by atoms with Crippen LogP contribution in [0.4, 0.5) is 0 Å². The number of nitrogens with zero attached hydrogens (tertiary/aromatic N) is 3. The van der Waals surface area contributed by atoms with Gasteiger partial charge in [-0.3, -0.25) is 24.2 Å². The molecule has 0 aromatic rings. The fourth-order valence-corrected chi connectivity index (χ4v) is 12.0. The number of carbonyl (C=O) groups is 3. The smallest absolute Gasteiger partial charge is 0.302 e. The van der Waals surface area contributed by atoms with Crippen molar-refractivity contribution in [3.63, 3.8) is 0 Å². The third-order valence-electron chi connectivity index (χ3n) is 14.4. The van der Waals surface area contributed by atoms with Crippen molar-refractivity contribution >= 4 is 17.9 Å². The van der Waals surface area contributed by atoms with Crippen molar-refractivity contribution in [3.05, 3.63) is 12.7 Å². The van der Waals surface area contributed by atoms with E-state index in [1.54, 1.807) is 13.8 Å². The number of rotatable bonds is 7. The molecule has 4 aliphatic carbocycles. The molecule has 6 fully saturated rings. The van der Waals surface area contributed by atoms with Crippen LogP contribution in [0, 0.1) is 34.5 Å². The summed E-state index contributed by atoms with van der Waals surface area (Å²) < 4.78 is 19.0. The molecule has 0 spiro atoms. The lowest BCUT2D eigenvalue weighted by Crippen LogP contribution is -2.61. The van der Waals surface area contributed by atoms with Gasteiger partial charge in [-0.2, -0.15) is 0 Å². The van der Waals surface area contributed by atoms with Gasteiger partial charge in [0.25, 0.3) is 0 Å². The van der Waals surface area contributed by atoms with Gasteiger partial charge in [0.15, 0.2) is 0 Å². The van der Waals surface area contributed by atoms with Crippen LogP contribution >= 0.6 is 0 Å². The minimum atomic E-state index is -0.206. The second-order valence-corrected chi connectivity index (χ2v) is 17.1. The number of hydrogen-bond donors (Lipinski definition) is 0. The van der Waals surface area contributed by atoms with E-state index in [0.717, 1.165) is 88.8 Å². The van der Waals surface area contributed by atoms with Crippen LogP contribution < -0.4 is 0 Å². The number of carbonyl (C=O) groups excluding carboxylic acids is 3. The SMILES string of the molecule is C=CC[N+]1(C)CCN(C2C[C@H]3[C@@H]4CCC5CC(OC(C)=O)C(N6CCC(OC(C)=O)CC6)C[C@]5(C)[C@@H]4CC[C@]3(C)C2OC(C)=O)CC1. The average Bonchev–Trinajstić information content (AvgIpc) is 3.29. The molecule has 6 aliphatic rings. The Labute approximate surface area is 283 Å². The first kappa shape index (κ1) is 34.9. The number of quaternary nitrogens is 1. The number of piperidine rings is 1. The van der Waals surface area contributed by atoms with Crippen LogP contribution in [0.15, 0.2) is 12.7 Å². The van der Waals surface area contributed by atoms with Gasteiger partial charge in [0, 0.05) is 64.4 Å². The van der Waals surface area contributed by atoms with Gasteiger partial charge in [-0.15, -0.1) is 0 Å². The van der Waals surface area contributed by atoms with Crippen molar-refractivity contribution in [1.29, 1.82) is 0 Å². The molecular weight excluding hydrogens is 594 g/mol. The molecule has 2 aliphatic heterocycles. The normalized spacial score (nSPS) is 42.3. The minimum Gasteiger partial charge on any atom is -0.462 e. The highest BCUT2D eigenvalue weighted by Gasteiger charge is 2.65. The summed E-state index contributed by atoms with van der Waals surface area (Å²) in [6.45, 7) is 20.7. The highest BCUT2D eigenvalue weighted by Crippen LogP contribution is 2.67. The molecule has 0 radical (unpaired) electrons. The molecule has 0 aromatic carbocycles. The van der Waals surface area contributed by atoms with Crippen molar-refractivity contribution < 1.29 is 33.1 Å². The van der Waals surface area contributed by atoms with Crippen LogP contribution in [0.3, 0.4) is 0 Å². The van der Waals surface area contributed by atoms with Gasteiger partial charge in [-0.25, -0.2) is 0 Å². The van der Waals surface area contributed by atoms with Crippen molar-refractivity contribution in [2.45, 2.75) is 123 Å². The number of ether oxygens (including phenoxy) is 3. The Morgan fingerprint density at radius 2 is 1.43 bits per heavy atom. The summed E-state index contributed by atoms with van der Waals surface area (Å²) in [7, 11) is 2.34. The average molecular weight is 657 g/mol. The molecule has 0 amide bonds. The first-order valence-electron chi connectivity index (χ1n) is 18.7. The molecule has 2 heterocycles. The number of esters is 3. The molecule has 9 heteroatoms. The number of likely N-dealkylation sites (tertiary alicyclic amines) is 1. The quantitative estimate of drug-likeness (QED) is 0.167. The van der Waals surface area contributed by atoms with E-state index < -0.39 is 0 Å². The van der Waals surface area contributed by atoms with Gasteiger partial charge in [-0.05, 0) is 93.0 Å². The summed E-state index contributed by atoms with van der Waals surface area (Å²) in [5.41, 5.74) is 0.160. The zero-order valence-electron chi connectivity index (χ0n) is 30.1. The summed E-state index contributed by atoms with van der Waals surface area (Å²) in [5, 5.41) is 0. The van der Waals surface area contributed by atoms with Crippen LogP contribution in [0.25, 0.3) is 0 Å². The maximum atomic E-state index is 12.6.